The van der Waals surface area contributed by atoms with Gasteiger partial charge in [0.2, 0.25) is 0 Å². The van der Waals surface area contributed by atoms with Crippen LogP contribution in [0.5, 0.6) is 5.75 Å². The van der Waals surface area contributed by atoms with Gasteiger partial charge >= 0.3 is 0 Å². The minimum atomic E-state index is -0.464. The fourth-order valence-electron chi connectivity index (χ4n) is 1.64. The Morgan fingerprint density at radius 2 is 2.05 bits per heavy atom. The van der Waals surface area contributed by atoms with Crippen LogP contribution in [0.3, 0.4) is 0 Å². The zero-order valence-electron chi connectivity index (χ0n) is 10.5. The molecule has 0 aliphatic carbocycles. The number of para-hydroxylation sites is 2. The highest BCUT2D eigenvalue weighted by atomic mass is 16.5. The lowest BCUT2D eigenvalue weighted by Crippen LogP contribution is -2.22. The summed E-state index contributed by atoms with van der Waals surface area (Å²) in [6, 6.07) is 10.2. The summed E-state index contributed by atoms with van der Waals surface area (Å²) in [5.74, 6) is 0.111. The Balaban J connectivity index is 2.25. The van der Waals surface area contributed by atoms with Crippen LogP contribution in [0.4, 0.5) is 5.69 Å². The van der Waals surface area contributed by atoms with E-state index >= 15 is 0 Å². The third-order valence-electron chi connectivity index (χ3n) is 2.50. The van der Waals surface area contributed by atoms with Crippen LogP contribution in [-0.2, 0) is 0 Å². The second-order valence-electron chi connectivity index (χ2n) is 3.80. The van der Waals surface area contributed by atoms with Crippen molar-refractivity contribution in [2.45, 2.75) is 6.92 Å². The molecule has 19 heavy (non-hydrogen) atoms. The number of ether oxygens (including phenoxy) is 1. The number of amides is 1. The number of hydrogen-bond donors (Lipinski definition) is 2. The highest BCUT2D eigenvalue weighted by Gasteiger charge is 2.12. The molecule has 2 rings (SSSR count). The van der Waals surface area contributed by atoms with Gasteiger partial charge in [0.25, 0.3) is 11.5 Å². The molecule has 0 bridgehead atoms. The molecule has 1 aromatic heterocycles. The van der Waals surface area contributed by atoms with Crippen molar-refractivity contribution < 1.29 is 9.53 Å². The van der Waals surface area contributed by atoms with E-state index < -0.39 is 11.5 Å². The normalized spacial score (nSPS) is 9.95. The minimum Gasteiger partial charge on any atom is -0.492 e. The van der Waals surface area contributed by atoms with E-state index in [1.807, 2.05) is 13.0 Å². The monoisotopic (exact) mass is 258 g/mol. The van der Waals surface area contributed by atoms with E-state index in [-0.39, 0.29) is 5.56 Å². The van der Waals surface area contributed by atoms with Crippen LogP contribution in [0.15, 0.2) is 47.4 Å². The first-order valence-corrected chi connectivity index (χ1v) is 5.93. The molecule has 2 N–H and O–H groups in total. The minimum absolute atomic E-state index is 0.0637. The number of aromatic amines is 1. The number of pyridine rings is 1. The summed E-state index contributed by atoms with van der Waals surface area (Å²) in [5, 5.41) is 2.67. The number of carbonyl (C=O) groups is 1. The summed E-state index contributed by atoms with van der Waals surface area (Å²) in [5.41, 5.74) is 0.181. The van der Waals surface area contributed by atoms with E-state index in [2.05, 4.69) is 10.3 Å². The maximum absolute atomic E-state index is 12.0. The van der Waals surface area contributed by atoms with Gasteiger partial charge in [0, 0.05) is 6.20 Å². The summed E-state index contributed by atoms with van der Waals surface area (Å²) in [6.07, 6.45) is 1.48. The van der Waals surface area contributed by atoms with Crippen LogP contribution >= 0.6 is 0 Å². The van der Waals surface area contributed by atoms with Crippen LogP contribution in [0.1, 0.15) is 17.3 Å². The number of nitrogens with one attached hydrogen (secondary N) is 2. The number of aromatic nitrogens is 1. The lowest BCUT2D eigenvalue weighted by atomic mass is 10.2. The van der Waals surface area contributed by atoms with Crippen molar-refractivity contribution in [1.82, 2.24) is 4.98 Å². The van der Waals surface area contributed by atoms with Crippen LogP contribution in [-0.4, -0.2) is 17.5 Å². The van der Waals surface area contributed by atoms with Gasteiger partial charge in [0.05, 0.1) is 12.3 Å². The van der Waals surface area contributed by atoms with Gasteiger partial charge in [-0.2, -0.15) is 0 Å². The Hall–Kier alpha value is -2.56. The summed E-state index contributed by atoms with van der Waals surface area (Å²) in [7, 11) is 0. The van der Waals surface area contributed by atoms with Crippen LogP contribution in [0.25, 0.3) is 0 Å². The Morgan fingerprint density at radius 3 is 2.79 bits per heavy atom. The quantitative estimate of drug-likeness (QED) is 0.881. The molecule has 0 saturated carbocycles. The molecule has 98 valence electrons. The summed E-state index contributed by atoms with van der Waals surface area (Å²) < 4.78 is 5.40. The first-order valence-electron chi connectivity index (χ1n) is 5.93. The van der Waals surface area contributed by atoms with E-state index in [4.69, 9.17) is 4.74 Å². The molecule has 1 aromatic carbocycles. The van der Waals surface area contributed by atoms with E-state index in [1.54, 1.807) is 24.3 Å². The smallest absolute Gasteiger partial charge is 0.261 e. The maximum atomic E-state index is 12.0. The standard InChI is InChI=1S/C14H14N2O3/c1-2-19-12-8-4-3-7-11(12)16-14(18)10-6-5-9-15-13(10)17/h3-9H,2H2,1H3,(H,15,17)(H,16,18). The summed E-state index contributed by atoms with van der Waals surface area (Å²) >= 11 is 0. The lowest BCUT2D eigenvalue weighted by molar-refractivity contribution is 0.102. The zero-order chi connectivity index (χ0) is 13.7. The molecule has 0 radical (unpaired) electrons. The predicted molar refractivity (Wildman–Crippen MR) is 72.6 cm³/mol. The second-order valence-corrected chi connectivity index (χ2v) is 3.80. The molecule has 0 aliphatic rings. The van der Waals surface area contributed by atoms with E-state index in [0.29, 0.717) is 18.0 Å². The molecule has 5 nitrogen and oxygen atoms in total. The summed E-state index contributed by atoms with van der Waals surface area (Å²) in [6.45, 7) is 2.36. The molecule has 5 heteroatoms. The number of rotatable bonds is 4. The van der Waals surface area contributed by atoms with Gasteiger partial charge in [0.1, 0.15) is 11.3 Å². The van der Waals surface area contributed by atoms with E-state index in [9.17, 15) is 9.59 Å². The highest BCUT2D eigenvalue weighted by Crippen LogP contribution is 2.23. The molecular formula is C14H14N2O3. The molecule has 1 heterocycles. The Morgan fingerprint density at radius 1 is 1.26 bits per heavy atom. The van der Waals surface area contributed by atoms with Crippen molar-refractivity contribution in [3.63, 3.8) is 0 Å². The SMILES string of the molecule is CCOc1ccccc1NC(=O)c1ccc[nH]c1=O. The molecule has 0 unspecified atom stereocenters. The predicted octanol–water partition coefficient (Wildman–Crippen LogP) is 2.03. The number of hydrogen-bond acceptors (Lipinski definition) is 3. The number of benzene rings is 1. The maximum Gasteiger partial charge on any atom is 0.261 e. The van der Waals surface area contributed by atoms with Gasteiger partial charge < -0.3 is 15.0 Å². The Bertz CT molecular complexity index is 634. The van der Waals surface area contributed by atoms with Crippen LogP contribution < -0.4 is 15.6 Å². The van der Waals surface area contributed by atoms with Crippen molar-refractivity contribution in [3.8, 4) is 5.75 Å². The molecule has 0 atom stereocenters. The van der Waals surface area contributed by atoms with Gasteiger partial charge in [-0.3, -0.25) is 9.59 Å². The number of carbonyl (C=O) groups excluding carboxylic acids is 1. The van der Waals surface area contributed by atoms with Gasteiger partial charge in [-0.15, -0.1) is 0 Å². The molecular weight excluding hydrogens is 244 g/mol. The van der Waals surface area contributed by atoms with Crippen molar-refractivity contribution in [2.75, 3.05) is 11.9 Å². The molecule has 1 amide bonds. The zero-order valence-corrected chi connectivity index (χ0v) is 10.5. The topological polar surface area (TPSA) is 71.2 Å². The molecule has 0 aliphatic heterocycles. The van der Waals surface area contributed by atoms with Crippen LogP contribution in [0.2, 0.25) is 0 Å². The Labute approximate surface area is 110 Å². The van der Waals surface area contributed by atoms with E-state index in [1.165, 1.54) is 12.3 Å². The van der Waals surface area contributed by atoms with Crippen molar-refractivity contribution >= 4 is 11.6 Å². The average Bonchev–Trinajstić information content (AvgIpc) is 2.41. The number of anilines is 1. The lowest BCUT2D eigenvalue weighted by Gasteiger charge is -2.10. The van der Waals surface area contributed by atoms with Crippen molar-refractivity contribution in [1.29, 1.82) is 0 Å². The van der Waals surface area contributed by atoms with Gasteiger partial charge in [0.15, 0.2) is 0 Å². The van der Waals surface area contributed by atoms with Gasteiger partial charge in [-0.1, -0.05) is 12.1 Å². The van der Waals surface area contributed by atoms with E-state index in [0.717, 1.165) is 0 Å². The van der Waals surface area contributed by atoms with Gasteiger partial charge in [-0.05, 0) is 31.2 Å². The van der Waals surface area contributed by atoms with Crippen molar-refractivity contribution in [2.24, 2.45) is 0 Å². The number of H-pyrrole nitrogens is 1. The third kappa shape index (κ3) is 3.01. The first kappa shape index (κ1) is 12.9. The second kappa shape index (κ2) is 5.86. The van der Waals surface area contributed by atoms with Crippen molar-refractivity contribution in [3.05, 3.63) is 58.5 Å². The highest BCUT2D eigenvalue weighted by molar-refractivity contribution is 6.04. The summed E-state index contributed by atoms with van der Waals surface area (Å²) in [4.78, 5) is 26.0. The third-order valence-corrected chi connectivity index (χ3v) is 2.50. The van der Waals surface area contributed by atoms with Gasteiger partial charge in [-0.25, -0.2) is 0 Å². The molecule has 2 aromatic rings. The fraction of sp³-hybridized carbons (Fsp3) is 0.143. The first-order chi connectivity index (χ1) is 9.22. The fourth-order valence-corrected chi connectivity index (χ4v) is 1.64. The van der Waals surface area contributed by atoms with Crippen LogP contribution in [0, 0.1) is 0 Å². The Kier molecular flexibility index (Phi) is 3.97. The molecule has 0 fully saturated rings. The molecule has 0 spiro atoms. The largest absolute Gasteiger partial charge is 0.492 e. The molecule has 0 saturated heterocycles. The average molecular weight is 258 g/mol.